The van der Waals surface area contributed by atoms with Crippen LogP contribution in [0.4, 0.5) is 0 Å². The summed E-state index contributed by atoms with van der Waals surface area (Å²) >= 11 is 1.72. The first kappa shape index (κ1) is 12.3. The number of nitrogens with zero attached hydrogens (tertiary/aromatic N) is 1. The Kier molecular flexibility index (Phi) is 2.95. The molecule has 0 radical (unpaired) electrons. The van der Waals surface area contributed by atoms with Gasteiger partial charge >= 0.3 is 0 Å². The monoisotopic (exact) mass is 283 g/mol. The maximum absolute atomic E-state index is 12.8. The average molecular weight is 283 g/mol. The summed E-state index contributed by atoms with van der Waals surface area (Å²) < 4.78 is 0. The predicted molar refractivity (Wildman–Crippen MR) is 80.6 cm³/mol. The molecular weight excluding hydrogens is 266 g/mol. The van der Waals surface area contributed by atoms with E-state index < -0.39 is 0 Å². The van der Waals surface area contributed by atoms with E-state index in [1.165, 1.54) is 22.4 Å². The summed E-state index contributed by atoms with van der Waals surface area (Å²) in [7, 11) is 0. The summed E-state index contributed by atoms with van der Waals surface area (Å²) in [6.45, 7) is 0. The maximum Gasteiger partial charge on any atom is 0.181 e. The Morgan fingerprint density at radius 2 is 2.10 bits per heavy atom. The summed E-state index contributed by atoms with van der Waals surface area (Å²) in [6, 6.07) is 6.24. The fraction of sp³-hybridized carbons (Fsp3) is 0.412. The van der Waals surface area contributed by atoms with Gasteiger partial charge in [0.15, 0.2) is 5.78 Å². The van der Waals surface area contributed by atoms with Crippen molar-refractivity contribution in [2.24, 2.45) is 0 Å². The van der Waals surface area contributed by atoms with Crippen LogP contribution >= 0.6 is 11.3 Å². The average Bonchev–Trinajstić information content (AvgIpc) is 3.07. The molecule has 0 aromatic carbocycles. The minimum atomic E-state index is -0.0151. The smallest absolute Gasteiger partial charge is 0.181 e. The second kappa shape index (κ2) is 4.81. The summed E-state index contributed by atoms with van der Waals surface area (Å²) in [5.74, 6) is 0.280. The zero-order valence-electron chi connectivity index (χ0n) is 11.4. The van der Waals surface area contributed by atoms with Gasteiger partial charge in [-0.25, -0.2) is 0 Å². The van der Waals surface area contributed by atoms with Gasteiger partial charge in [-0.2, -0.15) is 0 Å². The molecule has 2 aromatic heterocycles. The van der Waals surface area contributed by atoms with Crippen LogP contribution in [0.2, 0.25) is 0 Å². The van der Waals surface area contributed by atoms with Crippen LogP contribution in [0.3, 0.4) is 0 Å². The third-order valence-electron chi connectivity index (χ3n) is 4.50. The van der Waals surface area contributed by atoms with E-state index in [9.17, 15) is 4.79 Å². The van der Waals surface area contributed by atoms with E-state index in [4.69, 9.17) is 0 Å². The van der Waals surface area contributed by atoms with Crippen molar-refractivity contribution in [2.45, 2.75) is 44.4 Å². The molecule has 0 saturated heterocycles. The number of ketones is 1. The number of carbonyl (C=O) groups excluding carboxylic acids is 1. The zero-order chi connectivity index (χ0) is 13.5. The predicted octanol–water partition coefficient (Wildman–Crippen LogP) is 3.93. The minimum absolute atomic E-state index is 0.0151. The van der Waals surface area contributed by atoms with Crippen molar-refractivity contribution in [1.82, 2.24) is 4.98 Å². The molecule has 0 fully saturated rings. The molecule has 2 heterocycles. The van der Waals surface area contributed by atoms with Gasteiger partial charge in [0.1, 0.15) is 0 Å². The number of aromatic nitrogens is 1. The second-order valence-electron chi connectivity index (χ2n) is 5.77. The van der Waals surface area contributed by atoms with E-state index >= 15 is 0 Å². The van der Waals surface area contributed by atoms with E-state index in [0.717, 1.165) is 42.7 Å². The van der Waals surface area contributed by atoms with E-state index in [1.54, 1.807) is 11.3 Å². The summed E-state index contributed by atoms with van der Waals surface area (Å²) in [5, 5.41) is 0. The molecular formula is C17H17NOS. The number of Topliss-reactive ketones (excluding diaryl/α,β-unsaturated/α-hetero) is 1. The molecule has 0 aliphatic heterocycles. The number of thiophene rings is 1. The number of rotatable bonds is 2. The summed E-state index contributed by atoms with van der Waals surface area (Å²) in [6.07, 6.45) is 8.49. The molecule has 2 aliphatic carbocycles. The summed E-state index contributed by atoms with van der Waals surface area (Å²) in [5.41, 5.74) is 3.70. The Labute approximate surface area is 122 Å². The van der Waals surface area contributed by atoms with E-state index in [1.807, 2.05) is 12.3 Å². The van der Waals surface area contributed by atoms with Crippen molar-refractivity contribution < 1.29 is 4.79 Å². The van der Waals surface area contributed by atoms with Crippen molar-refractivity contribution in [3.8, 4) is 0 Å². The lowest BCUT2D eigenvalue weighted by atomic mass is 9.83. The first-order valence-corrected chi connectivity index (χ1v) is 8.24. The molecule has 2 nitrogen and oxygen atoms in total. The van der Waals surface area contributed by atoms with Gasteiger partial charge < -0.3 is 0 Å². The fourth-order valence-corrected chi connectivity index (χ4v) is 4.73. The molecule has 0 N–H and O–H groups in total. The number of pyridine rings is 1. The molecule has 0 saturated carbocycles. The highest BCUT2D eigenvalue weighted by Crippen LogP contribution is 2.37. The molecule has 0 amide bonds. The van der Waals surface area contributed by atoms with Crippen LogP contribution in [0.15, 0.2) is 24.4 Å². The molecule has 2 aliphatic rings. The molecule has 1 unspecified atom stereocenters. The Morgan fingerprint density at radius 1 is 1.20 bits per heavy atom. The molecule has 0 spiro atoms. The van der Waals surface area contributed by atoms with E-state index in [0.29, 0.717) is 5.78 Å². The lowest BCUT2D eigenvalue weighted by Crippen LogP contribution is -2.19. The Morgan fingerprint density at radius 3 is 3.00 bits per heavy atom. The summed E-state index contributed by atoms with van der Waals surface area (Å²) in [4.78, 5) is 19.7. The van der Waals surface area contributed by atoms with Gasteiger partial charge in [0.05, 0.1) is 16.5 Å². The first-order chi connectivity index (χ1) is 9.83. The number of carbonyl (C=O) groups is 1. The maximum atomic E-state index is 12.8. The van der Waals surface area contributed by atoms with Gasteiger partial charge in [0.2, 0.25) is 0 Å². The molecule has 102 valence electrons. The Bertz CT molecular complexity index is 652. The fourth-order valence-electron chi connectivity index (χ4n) is 3.49. The number of aryl methyl sites for hydroxylation is 3. The largest absolute Gasteiger partial charge is 0.293 e. The topological polar surface area (TPSA) is 30.0 Å². The van der Waals surface area contributed by atoms with Crippen molar-refractivity contribution in [3.05, 3.63) is 51.0 Å². The molecule has 1 atom stereocenters. The van der Waals surface area contributed by atoms with Crippen molar-refractivity contribution in [3.63, 3.8) is 0 Å². The van der Waals surface area contributed by atoms with Crippen molar-refractivity contribution in [1.29, 1.82) is 0 Å². The Balaban J connectivity index is 1.69. The van der Waals surface area contributed by atoms with Crippen LogP contribution in [0, 0.1) is 0 Å². The van der Waals surface area contributed by atoms with Gasteiger partial charge in [0, 0.05) is 11.1 Å². The van der Waals surface area contributed by atoms with E-state index in [-0.39, 0.29) is 5.92 Å². The van der Waals surface area contributed by atoms with Crippen LogP contribution in [-0.2, 0) is 19.3 Å². The molecule has 0 bridgehead atoms. The van der Waals surface area contributed by atoms with Gasteiger partial charge in [-0.15, -0.1) is 11.3 Å². The van der Waals surface area contributed by atoms with Gasteiger partial charge in [-0.3, -0.25) is 9.78 Å². The molecule has 20 heavy (non-hydrogen) atoms. The van der Waals surface area contributed by atoms with Crippen LogP contribution in [0.25, 0.3) is 0 Å². The molecule has 4 rings (SSSR count). The van der Waals surface area contributed by atoms with E-state index in [2.05, 4.69) is 17.1 Å². The number of fused-ring (bicyclic) bond motifs is 2. The Hall–Kier alpha value is -1.48. The van der Waals surface area contributed by atoms with Crippen molar-refractivity contribution in [2.75, 3.05) is 0 Å². The third kappa shape index (κ3) is 1.92. The van der Waals surface area contributed by atoms with Crippen LogP contribution < -0.4 is 0 Å². The SMILES string of the molecule is O=C(c1cc2c(s1)CCC2)C1CCCc2cccnc21. The standard InChI is InChI=1S/C17H17NOS/c19-17(15-10-12-5-2-8-14(12)20-15)13-7-1-4-11-6-3-9-18-16(11)13/h3,6,9-10,13H,1-2,4-5,7-8H2. The lowest BCUT2D eigenvalue weighted by molar-refractivity contribution is 0.0953. The van der Waals surface area contributed by atoms with Gasteiger partial charge in [-0.1, -0.05) is 6.07 Å². The lowest BCUT2D eigenvalue weighted by Gasteiger charge is -2.22. The number of hydrogen-bond acceptors (Lipinski definition) is 3. The highest BCUT2D eigenvalue weighted by atomic mass is 32.1. The first-order valence-electron chi connectivity index (χ1n) is 7.42. The van der Waals surface area contributed by atoms with Gasteiger partial charge in [-0.05, 0) is 61.8 Å². The van der Waals surface area contributed by atoms with Crippen molar-refractivity contribution >= 4 is 17.1 Å². The van der Waals surface area contributed by atoms with Crippen LogP contribution in [0.1, 0.15) is 56.6 Å². The van der Waals surface area contributed by atoms with Crippen LogP contribution in [0.5, 0.6) is 0 Å². The quantitative estimate of drug-likeness (QED) is 0.782. The second-order valence-corrected chi connectivity index (χ2v) is 6.91. The number of hydrogen-bond donors (Lipinski definition) is 0. The minimum Gasteiger partial charge on any atom is -0.293 e. The highest BCUT2D eigenvalue weighted by molar-refractivity contribution is 7.14. The normalized spacial score (nSPS) is 20.5. The van der Waals surface area contributed by atoms with Crippen LogP contribution in [-0.4, -0.2) is 10.8 Å². The third-order valence-corrected chi connectivity index (χ3v) is 5.75. The zero-order valence-corrected chi connectivity index (χ0v) is 12.2. The molecule has 2 aromatic rings. The highest BCUT2D eigenvalue weighted by Gasteiger charge is 2.30. The van der Waals surface area contributed by atoms with Gasteiger partial charge in [0.25, 0.3) is 0 Å². The molecule has 3 heteroatoms.